The van der Waals surface area contributed by atoms with Crippen LogP contribution in [-0.4, -0.2) is 34.0 Å². The van der Waals surface area contributed by atoms with Crippen LogP contribution in [0.4, 0.5) is 11.6 Å². The molecule has 30 heavy (non-hydrogen) atoms. The number of halogens is 1. The van der Waals surface area contributed by atoms with E-state index in [2.05, 4.69) is 20.7 Å². The Morgan fingerprint density at radius 2 is 1.90 bits per heavy atom. The minimum atomic E-state index is -0.437. The van der Waals surface area contributed by atoms with Crippen LogP contribution in [-0.2, 0) is 4.79 Å². The lowest BCUT2D eigenvalue weighted by atomic mass is 9.95. The molecule has 0 fully saturated rings. The molecule has 3 aromatic rings. The molecular formula is C21H20ClN5O2S. The molecule has 1 atom stereocenters. The Bertz CT molecular complexity index is 1110. The molecule has 1 amide bonds. The molecule has 0 aliphatic carbocycles. The highest BCUT2D eigenvalue weighted by Crippen LogP contribution is 2.37. The van der Waals surface area contributed by atoms with Crippen molar-refractivity contribution in [1.82, 2.24) is 14.8 Å². The molecule has 9 heteroatoms. The zero-order chi connectivity index (χ0) is 21.3. The molecule has 0 unspecified atom stereocenters. The SMILES string of the molecule is COc1ccc([C@H]2C(C(=O)Nc3ccc(Cl)cc3)=C(C)Nc3nc(SC)nn32)cc1. The van der Waals surface area contributed by atoms with Gasteiger partial charge >= 0.3 is 0 Å². The number of amides is 1. The first-order chi connectivity index (χ1) is 14.5. The summed E-state index contributed by atoms with van der Waals surface area (Å²) >= 11 is 7.40. The topological polar surface area (TPSA) is 81.1 Å². The minimum Gasteiger partial charge on any atom is -0.497 e. The molecule has 0 saturated carbocycles. The van der Waals surface area contributed by atoms with Crippen LogP contribution in [0, 0.1) is 0 Å². The highest BCUT2D eigenvalue weighted by atomic mass is 35.5. The first kappa shape index (κ1) is 20.3. The summed E-state index contributed by atoms with van der Waals surface area (Å²) in [6.07, 6.45) is 1.91. The zero-order valence-corrected chi connectivity index (χ0v) is 18.2. The zero-order valence-electron chi connectivity index (χ0n) is 16.6. The van der Waals surface area contributed by atoms with Crippen molar-refractivity contribution in [3.63, 3.8) is 0 Å². The summed E-state index contributed by atoms with van der Waals surface area (Å²) in [6.45, 7) is 1.87. The number of thioether (sulfide) groups is 1. The van der Waals surface area contributed by atoms with Gasteiger partial charge in [-0.2, -0.15) is 4.98 Å². The van der Waals surface area contributed by atoms with Crippen LogP contribution in [0.15, 0.2) is 65.0 Å². The molecule has 0 saturated heterocycles. The van der Waals surface area contributed by atoms with Crippen LogP contribution >= 0.6 is 23.4 Å². The summed E-state index contributed by atoms with van der Waals surface area (Å²) in [4.78, 5) is 17.8. The van der Waals surface area contributed by atoms with Crippen LogP contribution in [0.2, 0.25) is 5.02 Å². The Morgan fingerprint density at radius 1 is 1.20 bits per heavy atom. The highest BCUT2D eigenvalue weighted by Gasteiger charge is 2.34. The number of nitrogens with one attached hydrogen (secondary N) is 2. The van der Waals surface area contributed by atoms with E-state index >= 15 is 0 Å². The second-order valence-corrected chi connectivity index (χ2v) is 7.88. The lowest BCUT2D eigenvalue weighted by molar-refractivity contribution is -0.113. The highest BCUT2D eigenvalue weighted by molar-refractivity contribution is 7.98. The number of carbonyl (C=O) groups is 1. The van der Waals surface area contributed by atoms with Gasteiger partial charge in [-0.3, -0.25) is 4.79 Å². The maximum absolute atomic E-state index is 13.3. The number of hydrogen-bond acceptors (Lipinski definition) is 6. The molecule has 2 N–H and O–H groups in total. The molecule has 154 valence electrons. The van der Waals surface area contributed by atoms with E-state index in [1.54, 1.807) is 36.1 Å². The first-order valence-electron chi connectivity index (χ1n) is 9.19. The average Bonchev–Trinajstić information content (AvgIpc) is 3.17. The van der Waals surface area contributed by atoms with E-state index in [9.17, 15) is 4.79 Å². The van der Waals surface area contributed by atoms with Crippen LogP contribution in [0.3, 0.4) is 0 Å². The van der Waals surface area contributed by atoms with Crippen LogP contribution in [0.1, 0.15) is 18.5 Å². The van der Waals surface area contributed by atoms with Crippen LogP contribution in [0.5, 0.6) is 5.75 Å². The third kappa shape index (κ3) is 3.88. The predicted octanol–water partition coefficient (Wildman–Crippen LogP) is 4.59. The van der Waals surface area contributed by atoms with Crippen molar-refractivity contribution in [2.45, 2.75) is 18.1 Å². The van der Waals surface area contributed by atoms with Crippen molar-refractivity contribution in [3.8, 4) is 5.75 Å². The van der Waals surface area contributed by atoms with Gasteiger partial charge in [-0.05, 0) is 55.1 Å². The van der Waals surface area contributed by atoms with Crippen molar-refractivity contribution < 1.29 is 9.53 Å². The van der Waals surface area contributed by atoms with E-state index < -0.39 is 6.04 Å². The number of carbonyl (C=O) groups excluding carboxylic acids is 1. The minimum absolute atomic E-state index is 0.227. The molecule has 7 nitrogen and oxygen atoms in total. The Kier molecular flexibility index (Phi) is 5.69. The summed E-state index contributed by atoms with van der Waals surface area (Å²) in [5, 5.41) is 12.0. The van der Waals surface area contributed by atoms with Gasteiger partial charge in [0.15, 0.2) is 0 Å². The van der Waals surface area contributed by atoms with E-state index in [0.717, 1.165) is 17.0 Å². The number of allylic oxidation sites excluding steroid dienone is 1. The predicted molar refractivity (Wildman–Crippen MR) is 119 cm³/mol. The largest absolute Gasteiger partial charge is 0.497 e. The summed E-state index contributed by atoms with van der Waals surface area (Å²) < 4.78 is 7.03. The number of hydrogen-bond donors (Lipinski definition) is 2. The maximum Gasteiger partial charge on any atom is 0.255 e. The number of anilines is 2. The lowest BCUT2D eigenvalue weighted by Gasteiger charge is -2.28. The van der Waals surface area contributed by atoms with Crippen molar-refractivity contribution in [2.24, 2.45) is 0 Å². The number of methoxy groups -OCH3 is 1. The fourth-order valence-electron chi connectivity index (χ4n) is 3.34. The Hall–Kier alpha value is -2.97. The summed E-state index contributed by atoms with van der Waals surface area (Å²) in [6, 6.07) is 14.2. The molecule has 2 heterocycles. The van der Waals surface area contributed by atoms with Gasteiger partial charge in [-0.15, -0.1) is 5.10 Å². The van der Waals surface area contributed by atoms with E-state index in [0.29, 0.717) is 27.4 Å². The molecule has 4 rings (SSSR count). The van der Waals surface area contributed by atoms with Gasteiger partial charge in [-0.25, -0.2) is 4.68 Å². The number of rotatable bonds is 5. The van der Waals surface area contributed by atoms with Crippen LogP contribution in [0.25, 0.3) is 0 Å². The maximum atomic E-state index is 13.3. The third-order valence-electron chi connectivity index (χ3n) is 4.79. The third-order valence-corrected chi connectivity index (χ3v) is 5.58. The second-order valence-electron chi connectivity index (χ2n) is 6.67. The molecule has 0 bridgehead atoms. The average molecular weight is 442 g/mol. The standard InChI is InChI=1S/C21H20ClN5O2S/c1-12-17(19(28)24-15-8-6-14(22)7-9-15)18(13-4-10-16(29-2)11-5-13)27-20(23-12)25-21(26-27)30-3/h4-11,18H,1-3H3,(H,24,28)(H,23,25,26)/t18-/m0/s1. The van der Waals surface area contributed by atoms with Crippen LogP contribution < -0.4 is 15.4 Å². The monoisotopic (exact) mass is 441 g/mol. The smallest absolute Gasteiger partial charge is 0.255 e. The summed E-state index contributed by atoms with van der Waals surface area (Å²) in [7, 11) is 1.62. The Morgan fingerprint density at radius 3 is 2.53 bits per heavy atom. The molecule has 0 radical (unpaired) electrons. The molecule has 0 spiro atoms. The number of benzene rings is 2. The normalized spacial score (nSPS) is 15.4. The number of nitrogens with zero attached hydrogens (tertiary/aromatic N) is 3. The van der Waals surface area contributed by atoms with E-state index in [-0.39, 0.29) is 5.91 Å². The molecule has 1 aliphatic heterocycles. The molecule has 1 aromatic heterocycles. The van der Waals surface area contributed by atoms with Crippen molar-refractivity contribution in [3.05, 3.63) is 70.4 Å². The van der Waals surface area contributed by atoms with Gasteiger partial charge in [0.2, 0.25) is 11.1 Å². The second kappa shape index (κ2) is 8.41. The molecular weight excluding hydrogens is 422 g/mol. The first-order valence-corrected chi connectivity index (χ1v) is 10.8. The van der Waals surface area contributed by atoms with Gasteiger partial charge in [0, 0.05) is 16.4 Å². The van der Waals surface area contributed by atoms with E-state index in [1.807, 2.05) is 37.4 Å². The summed E-state index contributed by atoms with van der Waals surface area (Å²) in [5.41, 5.74) is 2.83. The van der Waals surface area contributed by atoms with Gasteiger partial charge < -0.3 is 15.4 Å². The quantitative estimate of drug-likeness (QED) is 0.563. The van der Waals surface area contributed by atoms with Gasteiger partial charge in [-0.1, -0.05) is 35.5 Å². The lowest BCUT2D eigenvalue weighted by Crippen LogP contribution is -2.31. The van der Waals surface area contributed by atoms with Gasteiger partial charge in [0.25, 0.3) is 5.91 Å². The summed E-state index contributed by atoms with van der Waals surface area (Å²) in [5.74, 6) is 1.11. The van der Waals surface area contributed by atoms with E-state index in [1.165, 1.54) is 11.8 Å². The number of fused-ring (bicyclic) bond motifs is 1. The van der Waals surface area contributed by atoms with E-state index in [4.69, 9.17) is 16.3 Å². The van der Waals surface area contributed by atoms with Gasteiger partial charge in [0.1, 0.15) is 11.8 Å². The fraction of sp³-hybridized carbons (Fsp3) is 0.190. The molecule has 2 aromatic carbocycles. The number of aromatic nitrogens is 3. The number of ether oxygens (including phenoxy) is 1. The van der Waals surface area contributed by atoms with Crippen molar-refractivity contribution >= 4 is 40.9 Å². The van der Waals surface area contributed by atoms with Crippen molar-refractivity contribution in [2.75, 3.05) is 24.0 Å². The van der Waals surface area contributed by atoms with Crippen molar-refractivity contribution in [1.29, 1.82) is 0 Å². The Balaban J connectivity index is 1.76. The molecule has 1 aliphatic rings. The fourth-order valence-corrected chi connectivity index (χ4v) is 3.81. The Labute approximate surface area is 183 Å². The van der Waals surface area contributed by atoms with Gasteiger partial charge in [0.05, 0.1) is 12.7 Å².